The minimum atomic E-state index is -0.642. The number of aryl methyl sites for hydroxylation is 2. The van der Waals surface area contributed by atoms with E-state index in [1.54, 1.807) is 17.5 Å². The van der Waals surface area contributed by atoms with Gasteiger partial charge in [-0.15, -0.1) is 11.3 Å². The van der Waals surface area contributed by atoms with Gasteiger partial charge < -0.3 is 14.8 Å². The Hall–Kier alpha value is -2.85. The minimum Gasteiger partial charge on any atom is -0.482 e. The van der Waals surface area contributed by atoms with E-state index in [4.69, 9.17) is 14.7 Å². The highest BCUT2D eigenvalue weighted by Gasteiger charge is 2.12. The summed E-state index contributed by atoms with van der Waals surface area (Å²) in [5, 5.41) is 13.5. The zero-order valence-electron chi connectivity index (χ0n) is 13.3. The summed E-state index contributed by atoms with van der Waals surface area (Å²) in [5.41, 5.74) is 2.39. The Labute approximate surface area is 143 Å². The zero-order valence-corrected chi connectivity index (χ0v) is 14.1. The largest absolute Gasteiger partial charge is 0.482 e. The summed E-state index contributed by atoms with van der Waals surface area (Å²) in [6.07, 6.45) is 0. The topological polar surface area (TPSA) is 88.4 Å². The van der Waals surface area contributed by atoms with Gasteiger partial charge in [0.05, 0.1) is 5.56 Å². The van der Waals surface area contributed by atoms with Crippen molar-refractivity contribution in [3.63, 3.8) is 0 Å². The number of nitrogens with zero attached hydrogens (tertiary/aromatic N) is 1. The molecule has 0 saturated heterocycles. The Bertz CT molecular complexity index is 792. The molecule has 1 amide bonds. The maximum atomic E-state index is 11.7. The second kappa shape index (κ2) is 8.13. The Morgan fingerprint density at radius 1 is 1.25 bits per heavy atom. The molecule has 2 rings (SSSR count). The van der Waals surface area contributed by atoms with E-state index in [9.17, 15) is 9.59 Å². The molecule has 0 spiro atoms. The van der Waals surface area contributed by atoms with Crippen LogP contribution >= 0.6 is 11.3 Å². The number of benzene rings is 1. The SMILES string of the molecule is Cc1ccc(OCC(=O)OCC(=O)Nc2sccc2C#N)c(C)c1. The number of esters is 1. The van der Waals surface area contributed by atoms with Crippen LogP contribution in [0.4, 0.5) is 5.00 Å². The Morgan fingerprint density at radius 3 is 2.75 bits per heavy atom. The standard InChI is InChI=1S/C17H16N2O4S/c1-11-3-4-14(12(2)7-11)22-10-16(21)23-9-15(20)19-17-13(8-18)5-6-24-17/h3-7H,9-10H2,1-2H3,(H,19,20). The lowest BCUT2D eigenvalue weighted by Crippen LogP contribution is -2.23. The fraction of sp³-hybridized carbons (Fsp3) is 0.235. The summed E-state index contributed by atoms with van der Waals surface area (Å²) >= 11 is 1.23. The molecule has 2 aromatic rings. The molecule has 6 nitrogen and oxygen atoms in total. The van der Waals surface area contributed by atoms with Gasteiger partial charge in [-0.2, -0.15) is 5.26 Å². The van der Waals surface area contributed by atoms with Gasteiger partial charge in [-0.05, 0) is 36.9 Å². The van der Waals surface area contributed by atoms with Crippen molar-refractivity contribution in [1.82, 2.24) is 0 Å². The maximum Gasteiger partial charge on any atom is 0.344 e. The molecule has 0 radical (unpaired) electrons. The van der Waals surface area contributed by atoms with Crippen LogP contribution in [0.1, 0.15) is 16.7 Å². The number of rotatable bonds is 6. The van der Waals surface area contributed by atoms with Crippen LogP contribution in [0.5, 0.6) is 5.75 Å². The Balaban J connectivity index is 1.76. The summed E-state index contributed by atoms with van der Waals surface area (Å²) in [4.78, 5) is 23.4. The first kappa shape index (κ1) is 17.5. The zero-order chi connectivity index (χ0) is 17.5. The van der Waals surface area contributed by atoms with Crippen LogP contribution in [0, 0.1) is 25.2 Å². The number of amides is 1. The normalized spacial score (nSPS) is 9.88. The summed E-state index contributed by atoms with van der Waals surface area (Å²) in [6.45, 7) is 3.14. The van der Waals surface area contributed by atoms with E-state index in [-0.39, 0.29) is 6.61 Å². The molecule has 124 valence electrons. The Morgan fingerprint density at radius 2 is 2.04 bits per heavy atom. The van der Waals surface area contributed by atoms with Crippen LogP contribution in [0.15, 0.2) is 29.6 Å². The van der Waals surface area contributed by atoms with Crippen molar-refractivity contribution in [2.24, 2.45) is 0 Å². The molecule has 1 N–H and O–H groups in total. The fourth-order valence-corrected chi connectivity index (χ4v) is 2.70. The van der Waals surface area contributed by atoms with Crippen molar-refractivity contribution in [2.75, 3.05) is 18.5 Å². The lowest BCUT2D eigenvalue weighted by molar-refractivity contribution is -0.149. The summed E-state index contributed by atoms with van der Waals surface area (Å²) < 4.78 is 10.2. The van der Waals surface area contributed by atoms with Crippen LogP contribution in [0.2, 0.25) is 0 Å². The molecular weight excluding hydrogens is 328 g/mol. The monoisotopic (exact) mass is 344 g/mol. The number of thiophene rings is 1. The van der Waals surface area contributed by atoms with E-state index in [0.29, 0.717) is 16.3 Å². The third-order valence-electron chi connectivity index (χ3n) is 3.08. The number of carbonyl (C=O) groups excluding carboxylic acids is 2. The van der Waals surface area contributed by atoms with Crippen LogP contribution in [0.3, 0.4) is 0 Å². The molecule has 1 aromatic carbocycles. The molecule has 1 aromatic heterocycles. The highest BCUT2D eigenvalue weighted by Crippen LogP contribution is 2.22. The van der Waals surface area contributed by atoms with Crippen molar-refractivity contribution in [2.45, 2.75) is 13.8 Å². The average molecular weight is 344 g/mol. The van der Waals surface area contributed by atoms with Crippen molar-refractivity contribution in [3.05, 3.63) is 46.3 Å². The molecule has 7 heteroatoms. The average Bonchev–Trinajstić information content (AvgIpc) is 2.99. The van der Waals surface area contributed by atoms with Crippen LogP contribution < -0.4 is 10.1 Å². The van der Waals surface area contributed by atoms with Crippen molar-refractivity contribution in [3.8, 4) is 11.8 Å². The van der Waals surface area contributed by atoms with Crippen LogP contribution in [0.25, 0.3) is 0 Å². The second-order valence-corrected chi connectivity index (χ2v) is 5.96. The number of carbonyl (C=O) groups is 2. The number of nitriles is 1. The minimum absolute atomic E-state index is 0.278. The van der Waals surface area contributed by atoms with E-state index in [0.717, 1.165) is 11.1 Å². The molecule has 24 heavy (non-hydrogen) atoms. The maximum absolute atomic E-state index is 11.7. The third kappa shape index (κ3) is 4.83. The molecule has 0 unspecified atom stereocenters. The lowest BCUT2D eigenvalue weighted by atomic mass is 10.1. The van der Waals surface area contributed by atoms with Crippen LogP contribution in [-0.4, -0.2) is 25.1 Å². The molecule has 0 bridgehead atoms. The highest BCUT2D eigenvalue weighted by atomic mass is 32.1. The van der Waals surface area contributed by atoms with E-state index in [2.05, 4.69) is 5.32 Å². The van der Waals surface area contributed by atoms with E-state index in [1.807, 2.05) is 32.0 Å². The molecule has 0 fully saturated rings. The van der Waals surface area contributed by atoms with Gasteiger partial charge in [-0.3, -0.25) is 4.79 Å². The number of nitrogens with one attached hydrogen (secondary N) is 1. The lowest BCUT2D eigenvalue weighted by Gasteiger charge is -2.09. The van der Waals surface area contributed by atoms with Gasteiger partial charge in [0, 0.05) is 0 Å². The van der Waals surface area contributed by atoms with Gasteiger partial charge in [0.2, 0.25) is 0 Å². The number of hydrogen-bond acceptors (Lipinski definition) is 6. The second-order valence-electron chi connectivity index (χ2n) is 5.04. The molecule has 0 atom stereocenters. The van der Waals surface area contributed by atoms with Crippen molar-refractivity contribution >= 4 is 28.2 Å². The molecular formula is C17H16N2O4S. The first-order chi connectivity index (χ1) is 11.5. The van der Waals surface area contributed by atoms with Gasteiger partial charge in [0.15, 0.2) is 13.2 Å². The first-order valence-electron chi connectivity index (χ1n) is 7.12. The number of hydrogen-bond donors (Lipinski definition) is 1. The van der Waals surface area contributed by atoms with E-state index >= 15 is 0 Å². The fourth-order valence-electron chi connectivity index (χ4n) is 1.94. The van der Waals surface area contributed by atoms with E-state index < -0.39 is 18.5 Å². The first-order valence-corrected chi connectivity index (χ1v) is 8.00. The third-order valence-corrected chi connectivity index (χ3v) is 3.91. The summed E-state index contributed by atoms with van der Waals surface area (Å²) in [5.74, 6) is -0.551. The van der Waals surface area contributed by atoms with Gasteiger partial charge in [0.1, 0.15) is 16.8 Å². The predicted octanol–water partition coefficient (Wildman–Crippen LogP) is 2.80. The highest BCUT2D eigenvalue weighted by molar-refractivity contribution is 7.14. The van der Waals surface area contributed by atoms with Crippen LogP contribution in [-0.2, 0) is 14.3 Å². The molecule has 0 aliphatic rings. The molecule has 1 heterocycles. The summed E-state index contributed by atoms with van der Waals surface area (Å²) in [6, 6.07) is 9.18. The molecule has 0 aliphatic carbocycles. The van der Waals surface area contributed by atoms with E-state index in [1.165, 1.54) is 11.3 Å². The number of anilines is 1. The smallest absolute Gasteiger partial charge is 0.344 e. The van der Waals surface area contributed by atoms with Crippen molar-refractivity contribution < 1.29 is 19.1 Å². The number of ether oxygens (including phenoxy) is 2. The quantitative estimate of drug-likeness (QED) is 0.814. The van der Waals surface area contributed by atoms with Gasteiger partial charge in [0.25, 0.3) is 5.91 Å². The summed E-state index contributed by atoms with van der Waals surface area (Å²) in [7, 11) is 0. The van der Waals surface area contributed by atoms with Gasteiger partial charge in [-0.25, -0.2) is 4.79 Å². The van der Waals surface area contributed by atoms with Gasteiger partial charge in [-0.1, -0.05) is 17.7 Å². The molecule has 0 aliphatic heterocycles. The van der Waals surface area contributed by atoms with Gasteiger partial charge >= 0.3 is 5.97 Å². The molecule has 0 saturated carbocycles. The van der Waals surface area contributed by atoms with Crippen molar-refractivity contribution in [1.29, 1.82) is 5.26 Å². The predicted molar refractivity (Wildman–Crippen MR) is 90.0 cm³/mol. The Kier molecular flexibility index (Phi) is 5.93.